The van der Waals surface area contributed by atoms with Crippen LogP contribution in [-0.4, -0.2) is 16.0 Å². The van der Waals surface area contributed by atoms with E-state index < -0.39 is 4.92 Å². The summed E-state index contributed by atoms with van der Waals surface area (Å²) >= 11 is 12.9. The molecule has 0 unspecified atom stereocenters. The van der Waals surface area contributed by atoms with Crippen LogP contribution in [0.25, 0.3) is 6.08 Å². The van der Waals surface area contributed by atoms with Crippen molar-refractivity contribution in [3.05, 3.63) is 73.1 Å². The van der Waals surface area contributed by atoms with E-state index in [0.717, 1.165) is 11.8 Å². The number of hydrogen-bond acceptors (Lipinski definition) is 5. The number of nitrogens with zero attached hydrogens (tertiary/aromatic N) is 2. The Morgan fingerprint density at radius 3 is 2.40 bits per heavy atom. The zero-order valence-electron chi connectivity index (χ0n) is 12.4. The van der Waals surface area contributed by atoms with Crippen LogP contribution < -0.4 is 4.90 Å². The standard InChI is InChI=1S/C16H9Cl2N3O3S/c17-12-6-5-11(8-13(12)18)20-15(22)14(25-16(20)19)7-9-1-3-10(4-2-9)21(23)24/h1-8,19H/b14-7-,19-16?. The van der Waals surface area contributed by atoms with Gasteiger partial charge in [0, 0.05) is 12.1 Å². The van der Waals surface area contributed by atoms with Crippen LogP contribution in [0.5, 0.6) is 0 Å². The summed E-state index contributed by atoms with van der Waals surface area (Å²) in [7, 11) is 0. The molecule has 1 fully saturated rings. The lowest BCUT2D eigenvalue weighted by Crippen LogP contribution is -2.28. The molecule has 0 saturated carbocycles. The van der Waals surface area contributed by atoms with E-state index in [1.165, 1.54) is 23.1 Å². The number of nitro groups is 1. The van der Waals surface area contributed by atoms with Gasteiger partial charge in [-0.15, -0.1) is 0 Å². The third kappa shape index (κ3) is 3.53. The van der Waals surface area contributed by atoms with Crippen molar-refractivity contribution in [2.45, 2.75) is 0 Å². The normalized spacial score (nSPS) is 15.9. The van der Waals surface area contributed by atoms with E-state index in [9.17, 15) is 14.9 Å². The summed E-state index contributed by atoms with van der Waals surface area (Å²) in [5.74, 6) is -0.369. The molecule has 1 aliphatic heterocycles. The number of amidine groups is 1. The van der Waals surface area contributed by atoms with Crippen LogP contribution in [0, 0.1) is 15.5 Å². The first kappa shape index (κ1) is 17.5. The van der Waals surface area contributed by atoms with E-state index in [1.807, 2.05) is 0 Å². The maximum atomic E-state index is 12.6. The van der Waals surface area contributed by atoms with Gasteiger partial charge in [0.15, 0.2) is 5.17 Å². The van der Waals surface area contributed by atoms with Crippen molar-refractivity contribution in [2.24, 2.45) is 0 Å². The summed E-state index contributed by atoms with van der Waals surface area (Å²) in [6, 6.07) is 10.5. The number of thioether (sulfide) groups is 1. The topological polar surface area (TPSA) is 87.3 Å². The fourth-order valence-corrected chi connectivity index (χ4v) is 3.34. The number of carbonyl (C=O) groups is 1. The molecule has 0 radical (unpaired) electrons. The Labute approximate surface area is 156 Å². The van der Waals surface area contributed by atoms with Crippen molar-refractivity contribution in [1.29, 1.82) is 5.41 Å². The Balaban J connectivity index is 1.90. The fourth-order valence-electron chi connectivity index (χ4n) is 2.19. The Morgan fingerprint density at radius 2 is 1.80 bits per heavy atom. The van der Waals surface area contributed by atoms with Gasteiger partial charge in [0.1, 0.15) is 0 Å². The molecular formula is C16H9Cl2N3O3S. The zero-order chi connectivity index (χ0) is 18.1. The number of anilines is 1. The summed E-state index contributed by atoms with van der Waals surface area (Å²) in [5, 5.41) is 19.4. The first-order valence-corrected chi connectivity index (χ1v) is 8.46. The molecule has 0 spiro atoms. The van der Waals surface area contributed by atoms with Crippen molar-refractivity contribution in [3.63, 3.8) is 0 Å². The van der Waals surface area contributed by atoms with Crippen LogP contribution in [0.15, 0.2) is 47.4 Å². The van der Waals surface area contributed by atoms with Gasteiger partial charge >= 0.3 is 0 Å². The number of halogens is 2. The fraction of sp³-hybridized carbons (Fsp3) is 0. The lowest BCUT2D eigenvalue weighted by atomic mass is 10.2. The largest absolute Gasteiger partial charge is 0.278 e. The van der Waals surface area contributed by atoms with E-state index in [0.29, 0.717) is 21.2 Å². The van der Waals surface area contributed by atoms with Gasteiger partial charge in [-0.1, -0.05) is 23.2 Å². The molecular weight excluding hydrogens is 385 g/mol. The van der Waals surface area contributed by atoms with Crippen LogP contribution in [-0.2, 0) is 4.79 Å². The second kappa shape index (κ2) is 6.87. The second-order valence-electron chi connectivity index (χ2n) is 5.00. The van der Waals surface area contributed by atoms with E-state index in [2.05, 4.69) is 0 Å². The molecule has 1 amide bonds. The highest BCUT2D eigenvalue weighted by molar-refractivity contribution is 8.19. The number of benzene rings is 2. The van der Waals surface area contributed by atoms with E-state index in [4.69, 9.17) is 28.6 Å². The highest BCUT2D eigenvalue weighted by Gasteiger charge is 2.33. The molecule has 0 atom stereocenters. The first-order chi connectivity index (χ1) is 11.9. The molecule has 126 valence electrons. The highest BCUT2D eigenvalue weighted by Crippen LogP contribution is 2.37. The second-order valence-corrected chi connectivity index (χ2v) is 6.85. The maximum Gasteiger partial charge on any atom is 0.271 e. The monoisotopic (exact) mass is 393 g/mol. The van der Waals surface area contributed by atoms with Gasteiger partial charge in [0.05, 0.1) is 25.6 Å². The molecule has 25 heavy (non-hydrogen) atoms. The number of rotatable bonds is 3. The maximum absolute atomic E-state index is 12.6. The third-order valence-corrected chi connectivity index (χ3v) is 5.01. The van der Waals surface area contributed by atoms with Gasteiger partial charge in [-0.25, -0.2) is 0 Å². The van der Waals surface area contributed by atoms with Gasteiger partial charge in [-0.3, -0.25) is 25.2 Å². The van der Waals surface area contributed by atoms with Gasteiger partial charge in [0.2, 0.25) is 0 Å². The van der Waals surface area contributed by atoms with E-state index >= 15 is 0 Å². The quantitative estimate of drug-likeness (QED) is 0.453. The van der Waals surface area contributed by atoms with Crippen molar-refractivity contribution in [2.75, 3.05) is 4.90 Å². The minimum Gasteiger partial charge on any atom is -0.278 e. The SMILES string of the molecule is N=C1S/C(=C\c2ccc([N+](=O)[O-])cc2)C(=O)N1c1ccc(Cl)c(Cl)c1. The van der Waals surface area contributed by atoms with E-state index in [-0.39, 0.29) is 21.8 Å². The molecule has 9 heteroatoms. The molecule has 6 nitrogen and oxygen atoms in total. The average molecular weight is 394 g/mol. The highest BCUT2D eigenvalue weighted by atomic mass is 35.5. The summed E-state index contributed by atoms with van der Waals surface area (Å²) in [6.07, 6.45) is 1.59. The minimum atomic E-state index is -0.492. The van der Waals surface area contributed by atoms with Crippen LogP contribution in [0.1, 0.15) is 5.56 Å². The predicted octanol–water partition coefficient (Wildman–Crippen LogP) is 4.96. The summed E-state index contributed by atoms with van der Waals surface area (Å²) < 4.78 is 0. The summed E-state index contributed by atoms with van der Waals surface area (Å²) in [4.78, 5) is 24.4. The third-order valence-electron chi connectivity index (χ3n) is 3.39. The predicted molar refractivity (Wildman–Crippen MR) is 100 cm³/mol. The van der Waals surface area contributed by atoms with Crippen molar-refractivity contribution in [3.8, 4) is 0 Å². The minimum absolute atomic E-state index is 0.0299. The molecule has 2 aromatic carbocycles. The number of nitro benzene ring substituents is 1. The summed E-state index contributed by atoms with van der Waals surface area (Å²) in [6.45, 7) is 0. The van der Waals surface area contributed by atoms with Crippen molar-refractivity contribution in [1.82, 2.24) is 0 Å². The van der Waals surface area contributed by atoms with Crippen LogP contribution in [0.4, 0.5) is 11.4 Å². The molecule has 0 bridgehead atoms. The Morgan fingerprint density at radius 1 is 1.12 bits per heavy atom. The smallest absolute Gasteiger partial charge is 0.271 e. The van der Waals surface area contributed by atoms with Gasteiger partial charge in [0.25, 0.3) is 11.6 Å². The van der Waals surface area contributed by atoms with Crippen molar-refractivity contribution >= 4 is 63.5 Å². The summed E-state index contributed by atoms with van der Waals surface area (Å²) in [5.41, 5.74) is 1.05. The molecule has 1 heterocycles. The number of amides is 1. The average Bonchev–Trinajstić information content (AvgIpc) is 2.85. The van der Waals surface area contributed by atoms with Gasteiger partial charge in [-0.2, -0.15) is 0 Å². The number of non-ortho nitro benzene ring substituents is 1. The molecule has 0 aliphatic carbocycles. The Kier molecular flexibility index (Phi) is 4.80. The number of carbonyl (C=O) groups excluding carboxylic acids is 1. The lowest BCUT2D eigenvalue weighted by molar-refractivity contribution is -0.384. The van der Waals surface area contributed by atoms with Crippen LogP contribution in [0.2, 0.25) is 10.0 Å². The number of hydrogen-bond donors (Lipinski definition) is 1. The van der Waals surface area contributed by atoms with Crippen LogP contribution in [0.3, 0.4) is 0 Å². The first-order valence-electron chi connectivity index (χ1n) is 6.89. The lowest BCUT2D eigenvalue weighted by Gasteiger charge is -2.14. The van der Waals surface area contributed by atoms with Gasteiger partial charge < -0.3 is 0 Å². The molecule has 3 rings (SSSR count). The van der Waals surface area contributed by atoms with Crippen LogP contribution >= 0.6 is 35.0 Å². The molecule has 1 aliphatic rings. The zero-order valence-corrected chi connectivity index (χ0v) is 14.7. The van der Waals surface area contributed by atoms with Gasteiger partial charge in [-0.05, 0) is 53.7 Å². The molecule has 2 aromatic rings. The Hall–Kier alpha value is -2.35. The van der Waals surface area contributed by atoms with E-state index in [1.54, 1.807) is 30.3 Å². The molecule has 1 N–H and O–H groups in total. The molecule has 1 saturated heterocycles. The number of nitrogens with one attached hydrogen (secondary N) is 1. The van der Waals surface area contributed by atoms with Crippen molar-refractivity contribution < 1.29 is 9.72 Å². The molecule has 0 aromatic heterocycles. The Bertz CT molecular complexity index is 929.